The third kappa shape index (κ3) is 4.62. The zero-order valence-electron chi connectivity index (χ0n) is 16.1. The molecule has 0 saturated carbocycles. The third-order valence-corrected chi connectivity index (χ3v) is 5.62. The molecule has 0 spiro atoms. The van der Waals surface area contributed by atoms with Gasteiger partial charge in [0.15, 0.2) is 5.13 Å². The van der Waals surface area contributed by atoms with Gasteiger partial charge < -0.3 is 10.1 Å². The lowest BCUT2D eigenvalue weighted by atomic mass is 10.1. The lowest BCUT2D eigenvalue weighted by Gasteiger charge is -2.05. The molecular weight excluding hydrogens is 418 g/mol. The molecule has 2 N–H and O–H groups in total. The normalized spacial score (nSPS) is 10.5. The fourth-order valence-corrected chi connectivity index (χ4v) is 4.01. The number of anilines is 2. The van der Waals surface area contributed by atoms with Gasteiger partial charge in [-0.15, -0.1) is 0 Å². The van der Waals surface area contributed by atoms with E-state index in [0.29, 0.717) is 15.8 Å². The maximum absolute atomic E-state index is 12.4. The molecule has 1 heterocycles. The predicted octanol–water partition coefficient (Wildman–Crippen LogP) is 6.78. The number of amides is 2. The Hall–Kier alpha value is -3.35. The number of urea groups is 1. The van der Waals surface area contributed by atoms with E-state index >= 15 is 0 Å². The largest absolute Gasteiger partial charge is 0.497 e. The fourth-order valence-electron chi connectivity index (χ4n) is 2.90. The van der Waals surface area contributed by atoms with Crippen LogP contribution in [0.1, 0.15) is 0 Å². The van der Waals surface area contributed by atoms with Crippen LogP contribution >= 0.6 is 22.9 Å². The van der Waals surface area contributed by atoms with Gasteiger partial charge in [-0.1, -0.05) is 53.3 Å². The van der Waals surface area contributed by atoms with Gasteiger partial charge in [-0.25, -0.2) is 9.78 Å². The number of nitrogens with zero attached hydrogens (tertiary/aromatic N) is 1. The SMILES string of the molecule is COc1ccc(-c2nc(NC(=O)Nc3ccccc3)sc2-c2ccc(Cl)cc2)cc1. The highest BCUT2D eigenvalue weighted by molar-refractivity contribution is 7.19. The summed E-state index contributed by atoms with van der Waals surface area (Å²) in [6, 6.07) is 24.1. The minimum atomic E-state index is -0.348. The van der Waals surface area contributed by atoms with Crippen molar-refractivity contribution in [3.8, 4) is 27.4 Å². The van der Waals surface area contributed by atoms with Crippen LogP contribution in [-0.4, -0.2) is 18.1 Å². The second-order valence-electron chi connectivity index (χ2n) is 6.38. The first-order valence-electron chi connectivity index (χ1n) is 9.16. The molecule has 4 rings (SSSR count). The van der Waals surface area contributed by atoms with Crippen LogP contribution in [0.4, 0.5) is 15.6 Å². The Bertz CT molecular complexity index is 1140. The molecule has 30 heavy (non-hydrogen) atoms. The summed E-state index contributed by atoms with van der Waals surface area (Å²) in [6.45, 7) is 0. The minimum absolute atomic E-state index is 0.348. The van der Waals surface area contributed by atoms with E-state index in [9.17, 15) is 4.79 Å². The summed E-state index contributed by atoms with van der Waals surface area (Å²) in [5.41, 5.74) is 3.38. The Morgan fingerprint density at radius 1 is 0.900 bits per heavy atom. The van der Waals surface area contributed by atoms with Gasteiger partial charge in [-0.2, -0.15) is 0 Å². The zero-order valence-corrected chi connectivity index (χ0v) is 17.6. The third-order valence-electron chi connectivity index (χ3n) is 4.35. The summed E-state index contributed by atoms with van der Waals surface area (Å²) in [6.07, 6.45) is 0. The van der Waals surface area contributed by atoms with Crippen molar-refractivity contribution in [2.24, 2.45) is 0 Å². The van der Waals surface area contributed by atoms with E-state index in [1.807, 2.05) is 78.9 Å². The molecule has 0 fully saturated rings. The number of hydrogen-bond donors (Lipinski definition) is 2. The van der Waals surface area contributed by atoms with Crippen molar-refractivity contribution in [2.45, 2.75) is 0 Å². The van der Waals surface area contributed by atoms with Gasteiger partial charge in [0, 0.05) is 16.3 Å². The second kappa shape index (κ2) is 8.98. The van der Waals surface area contributed by atoms with E-state index in [-0.39, 0.29) is 6.03 Å². The van der Waals surface area contributed by atoms with Crippen molar-refractivity contribution < 1.29 is 9.53 Å². The Morgan fingerprint density at radius 2 is 1.57 bits per heavy atom. The molecule has 0 saturated heterocycles. The number of nitrogens with one attached hydrogen (secondary N) is 2. The van der Waals surface area contributed by atoms with Crippen LogP contribution in [-0.2, 0) is 0 Å². The highest BCUT2D eigenvalue weighted by atomic mass is 35.5. The maximum atomic E-state index is 12.4. The Morgan fingerprint density at radius 3 is 2.23 bits per heavy atom. The number of ether oxygens (including phenoxy) is 1. The zero-order chi connectivity index (χ0) is 20.9. The quantitative estimate of drug-likeness (QED) is 0.363. The second-order valence-corrected chi connectivity index (χ2v) is 7.81. The van der Waals surface area contributed by atoms with Gasteiger partial charge in [-0.05, 0) is 54.1 Å². The summed E-state index contributed by atoms with van der Waals surface area (Å²) in [5, 5.41) is 6.80. The molecule has 4 aromatic rings. The van der Waals surface area contributed by atoms with Gasteiger partial charge in [0.1, 0.15) is 5.75 Å². The Labute approximate surface area is 183 Å². The fraction of sp³-hybridized carbons (Fsp3) is 0.0435. The monoisotopic (exact) mass is 435 g/mol. The molecule has 3 aromatic carbocycles. The number of aromatic nitrogens is 1. The molecule has 0 unspecified atom stereocenters. The standard InChI is InChI=1S/C23H18ClN3O2S/c1-29-19-13-9-15(10-14-19)20-21(16-7-11-17(24)12-8-16)30-23(26-20)27-22(28)25-18-5-3-2-4-6-18/h2-14H,1H3,(H2,25,26,27,28). The van der Waals surface area contributed by atoms with Crippen LogP contribution in [0.2, 0.25) is 5.02 Å². The highest BCUT2D eigenvalue weighted by Gasteiger charge is 2.17. The number of benzene rings is 3. The first-order chi connectivity index (χ1) is 14.6. The topological polar surface area (TPSA) is 63.2 Å². The highest BCUT2D eigenvalue weighted by Crippen LogP contribution is 2.39. The molecule has 0 aliphatic rings. The smallest absolute Gasteiger partial charge is 0.325 e. The molecule has 7 heteroatoms. The van der Waals surface area contributed by atoms with Crippen molar-refractivity contribution in [2.75, 3.05) is 17.7 Å². The van der Waals surface area contributed by atoms with Crippen molar-refractivity contribution in [3.63, 3.8) is 0 Å². The average Bonchev–Trinajstić information content (AvgIpc) is 3.18. The van der Waals surface area contributed by atoms with Gasteiger partial charge >= 0.3 is 6.03 Å². The summed E-state index contributed by atoms with van der Waals surface area (Å²) >= 11 is 7.45. The van der Waals surface area contributed by atoms with Crippen LogP contribution < -0.4 is 15.4 Å². The lowest BCUT2D eigenvalue weighted by molar-refractivity contribution is 0.262. The summed E-state index contributed by atoms with van der Waals surface area (Å²) in [7, 11) is 1.63. The number of carbonyl (C=O) groups excluding carboxylic acids is 1. The molecule has 5 nitrogen and oxygen atoms in total. The number of rotatable bonds is 5. The number of halogens is 1. The minimum Gasteiger partial charge on any atom is -0.497 e. The van der Waals surface area contributed by atoms with E-state index < -0.39 is 0 Å². The van der Waals surface area contributed by atoms with Crippen LogP contribution in [0.25, 0.3) is 21.7 Å². The van der Waals surface area contributed by atoms with E-state index in [0.717, 1.165) is 27.4 Å². The Kier molecular flexibility index (Phi) is 5.97. The summed E-state index contributed by atoms with van der Waals surface area (Å²) < 4.78 is 5.25. The molecule has 0 aliphatic heterocycles. The van der Waals surface area contributed by atoms with Gasteiger partial charge in [0.2, 0.25) is 0 Å². The van der Waals surface area contributed by atoms with Crippen molar-refractivity contribution in [3.05, 3.63) is 83.9 Å². The number of hydrogen-bond acceptors (Lipinski definition) is 4. The Balaban J connectivity index is 1.66. The van der Waals surface area contributed by atoms with Crippen molar-refractivity contribution in [1.29, 1.82) is 0 Å². The van der Waals surface area contributed by atoms with Crippen LogP contribution in [0.3, 0.4) is 0 Å². The first kappa shape index (κ1) is 19.9. The van der Waals surface area contributed by atoms with Crippen molar-refractivity contribution >= 4 is 39.8 Å². The summed E-state index contributed by atoms with van der Waals surface area (Å²) in [5.74, 6) is 0.766. The predicted molar refractivity (Wildman–Crippen MR) is 124 cm³/mol. The van der Waals surface area contributed by atoms with Gasteiger partial charge in [0.05, 0.1) is 17.7 Å². The van der Waals surface area contributed by atoms with E-state index in [2.05, 4.69) is 15.6 Å². The maximum Gasteiger partial charge on any atom is 0.325 e. The molecule has 0 aliphatic carbocycles. The van der Waals surface area contributed by atoms with Gasteiger partial charge in [0.25, 0.3) is 0 Å². The van der Waals surface area contributed by atoms with Crippen LogP contribution in [0.15, 0.2) is 78.9 Å². The molecule has 150 valence electrons. The number of methoxy groups -OCH3 is 1. The molecule has 0 atom stereocenters. The number of thiazole rings is 1. The summed E-state index contributed by atoms with van der Waals surface area (Å²) in [4.78, 5) is 18.0. The molecular formula is C23H18ClN3O2S. The van der Waals surface area contributed by atoms with E-state index in [1.165, 1.54) is 11.3 Å². The van der Waals surface area contributed by atoms with E-state index in [4.69, 9.17) is 16.3 Å². The number of carbonyl (C=O) groups is 1. The van der Waals surface area contributed by atoms with Crippen LogP contribution in [0, 0.1) is 0 Å². The molecule has 2 amide bonds. The molecule has 0 bridgehead atoms. The molecule has 1 aromatic heterocycles. The average molecular weight is 436 g/mol. The lowest BCUT2D eigenvalue weighted by Crippen LogP contribution is -2.19. The van der Waals surface area contributed by atoms with Crippen LogP contribution in [0.5, 0.6) is 5.75 Å². The number of para-hydroxylation sites is 1. The molecule has 0 radical (unpaired) electrons. The van der Waals surface area contributed by atoms with Gasteiger partial charge in [-0.3, -0.25) is 5.32 Å². The first-order valence-corrected chi connectivity index (χ1v) is 10.4. The van der Waals surface area contributed by atoms with Crippen molar-refractivity contribution in [1.82, 2.24) is 4.98 Å². The van der Waals surface area contributed by atoms with E-state index in [1.54, 1.807) is 7.11 Å².